The Bertz CT molecular complexity index is 835. The van der Waals surface area contributed by atoms with E-state index in [9.17, 15) is 4.39 Å². The summed E-state index contributed by atoms with van der Waals surface area (Å²) in [5, 5.41) is 3.38. The molecule has 0 unspecified atom stereocenters. The van der Waals surface area contributed by atoms with Crippen molar-refractivity contribution in [3.05, 3.63) is 53.3 Å². The van der Waals surface area contributed by atoms with Gasteiger partial charge in [-0.15, -0.1) is 0 Å². The van der Waals surface area contributed by atoms with Crippen LogP contribution < -0.4 is 5.32 Å². The van der Waals surface area contributed by atoms with Crippen molar-refractivity contribution in [3.8, 4) is 11.4 Å². The van der Waals surface area contributed by atoms with Crippen LogP contribution in [0.1, 0.15) is 11.1 Å². The fraction of sp³-hybridized carbons (Fsp3) is 0.235. The number of hydrogen-bond acceptors (Lipinski definition) is 2. The molecule has 1 N–H and O–H groups in total. The lowest BCUT2D eigenvalue weighted by molar-refractivity contribution is 0.637. The molecule has 0 saturated carbocycles. The molecule has 0 amide bonds. The van der Waals surface area contributed by atoms with E-state index in [1.165, 1.54) is 17.2 Å². The van der Waals surface area contributed by atoms with E-state index in [2.05, 4.69) is 28.5 Å². The minimum Gasteiger partial charge on any atom is -0.327 e. The molecule has 1 aliphatic heterocycles. The summed E-state index contributed by atoms with van der Waals surface area (Å²) < 4.78 is 15.9. The molecule has 1 aliphatic rings. The number of halogens is 1. The number of imidazole rings is 1. The third-order valence-electron chi connectivity index (χ3n) is 4.24. The molecule has 0 spiro atoms. The third-order valence-corrected chi connectivity index (χ3v) is 4.24. The van der Waals surface area contributed by atoms with Crippen molar-refractivity contribution in [2.75, 3.05) is 6.54 Å². The minimum absolute atomic E-state index is 0.263. The van der Waals surface area contributed by atoms with Gasteiger partial charge >= 0.3 is 0 Å². The van der Waals surface area contributed by atoms with E-state index in [-0.39, 0.29) is 5.82 Å². The fourth-order valence-electron chi connectivity index (χ4n) is 3.16. The van der Waals surface area contributed by atoms with E-state index in [4.69, 9.17) is 0 Å². The maximum Gasteiger partial charge on any atom is 0.151 e. The second-order valence-corrected chi connectivity index (χ2v) is 5.47. The highest BCUT2D eigenvalue weighted by atomic mass is 19.1. The second-order valence-electron chi connectivity index (χ2n) is 5.47. The van der Waals surface area contributed by atoms with E-state index in [0.29, 0.717) is 5.52 Å². The molecule has 1 aromatic heterocycles. The monoisotopic (exact) mass is 281 g/mol. The highest BCUT2D eigenvalue weighted by Crippen LogP contribution is 2.30. The van der Waals surface area contributed by atoms with Crippen LogP contribution in [0.25, 0.3) is 22.4 Å². The van der Waals surface area contributed by atoms with Crippen LogP contribution in [-0.2, 0) is 20.0 Å². The third kappa shape index (κ3) is 1.87. The smallest absolute Gasteiger partial charge is 0.151 e. The molecule has 106 valence electrons. The second kappa shape index (κ2) is 4.67. The Hall–Kier alpha value is -2.20. The van der Waals surface area contributed by atoms with E-state index in [1.807, 2.05) is 17.7 Å². The number of benzene rings is 2. The van der Waals surface area contributed by atoms with Gasteiger partial charge in [-0.05, 0) is 36.2 Å². The molecule has 0 saturated heterocycles. The Morgan fingerprint density at radius 1 is 1.19 bits per heavy atom. The van der Waals surface area contributed by atoms with Crippen LogP contribution in [0, 0.1) is 5.82 Å². The molecule has 4 heteroatoms. The predicted molar refractivity (Wildman–Crippen MR) is 81.5 cm³/mol. The van der Waals surface area contributed by atoms with Gasteiger partial charge in [-0.2, -0.15) is 0 Å². The lowest BCUT2D eigenvalue weighted by Crippen LogP contribution is -2.24. The molecule has 2 aromatic carbocycles. The van der Waals surface area contributed by atoms with Crippen LogP contribution >= 0.6 is 0 Å². The highest BCUT2D eigenvalue weighted by Gasteiger charge is 2.18. The topological polar surface area (TPSA) is 29.9 Å². The molecular weight excluding hydrogens is 265 g/mol. The van der Waals surface area contributed by atoms with Crippen molar-refractivity contribution < 1.29 is 4.39 Å². The quantitative estimate of drug-likeness (QED) is 0.743. The van der Waals surface area contributed by atoms with Gasteiger partial charge in [0.2, 0.25) is 0 Å². The largest absolute Gasteiger partial charge is 0.327 e. The van der Waals surface area contributed by atoms with Crippen LogP contribution in [0.4, 0.5) is 4.39 Å². The summed E-state index contributed by atoms with van der Waals surface area (Å²) in [7, 11) is 1.95. The van der Waals surface area contributed by atoms with Crippen molar-refractivity contribution >= 4 is 11.0 Å². The molecule has 0 bridgehead atoms. The molecule has 3 nitrogen and oxygen atoms in total. The summed E-state index contributed by atoms with van der Waals surface area (Å²) in [6, 6.07) is 11.4. The number of nitrogens with zero attached hydrogens (tertiary/aromatic N) is 2. The molecule has 2 heterocycles. The van der Waals surface area contributed by atoms with Gasteiger partial charge in [0.15, 0.2) is 5.82 Å². The van der Waals surface area contributed by atoms with Gasteiger partial charge in [0, 0.05) is 19.2 Å². The van der Waals surface area contributed by atoms with Gasteiger partial charge in [-0.3, -0.25) is 0 Å². The van der Waals surface area contributed by atoms with Gasteiger partial charge in [0.1, 0.15) is 11.3 Å². The number of aryl methyl sites for hydroxylation is 1. The first-order chi connectivity index (χ1) is 10.3. The van der Waals surface area contributed by atoms with Crippen molar-refractivity contribution in [3.63, 3.8) is 0 Å². The zero-order valence-electron chi connectivity index (χ0n) is 11.9. The van der Waals surface area contributed by atoms with E-state index in [0.717, 1.165) is 36.4 Å². The van der Waals surface area contributed by atoms with Gasteiger partial charge in [-0.25, -0.2) is 9.37 Å². The van der Waals surface area contributed by atoms with Crippen LogP contribution in [0.15, 0.2) is 36.4 Å². The molecule has 3 aromatic rings. The Labute approximate surface area is 122 Å². The Balaban J connectivity index is 1.99. The molecule has 0 radical (unpaired) electrons. The van der Waals surface area contributed by atoms with Crippen LogP contribution in [0.2, 0.25) is 0 Å². The maximum absolute atomic E-state index is 13.9. The zero-order valence-corrected chi connectivity index (χ0v) is 11.9. The van der Waals surface area contributed by atoms with E-state index >= 15 is 0 Å². The Kier molecular flexibility index (Phi) is 2.79. The lowest BCUT2D eigenvalue weighted by atomic mass is 9.95. The molecule has 0 aliphatic carbocycles. The Morgan fingerprint density at radius 2 is 2.05 bits per heavy atom. The first-order valence-electron chi connectivity index (χ1n) is 7.18. The van der Waals surface area contributed by atoms with Crippen molar-refractivity contribution in [1.29, 1.82) is 0 Å². The maximum atomic E-state index is 13.9. The summed E-state index contributed by atoms with van der Waals surface area (Å²) in [5.41, 5.74) is 5.03. The number of rotatable bonds is 1. The predicted octanol–water partition coefficient (Wildman–Crippen LogP) is 3.03. The van der Waals surface area contributed by atoms with Crippen molar-refractivity contribution in [2.24, 2.45) is 7.05 Å². The van der Waals surface area contributed by atoms with Crippen molar-refractivity contribution in [1.82, 2.24) is 14.9 Å². The molecule has 0 atom stereocenters. The van der Waals surface area contributed by atoms with Gasteiger partial charge < -0.3 is 9.88 Å². The Morgan fingerprint density at radius 3 is 2.90 bits per heavy atom. The molecule has 0 fully saturated rings. The van der Waals surface area contributed by atoms with Crippen molar-refractivity contribution in [2.45, 2.75) is 13.0 Å². The zero-order chi connectivity index (χ0) is 14.4. The number of aromatic nitrogens is 2. The summed E-state index contributed by atoms with van der Waals surface area (Å²) in [5.74, 6) is 0.578. The fourth-order valence-corrected chi connectivity index (χ4v) is 3.16. The lowest BCUT2D eigenvalue weighted by Gasteiger charge is -2.20. The molecular formula is C17H16FN3. The van der Waals surface area contributed by atoms with Gasteiger partial charge in [0.05, 0.1) is 5.52 Å². The molecule has 21 heavy (non-hydrogen) atoms. The average molecular weight is 281 g/mol. The summed E-state index contributed by atoms with van der Waals surface area (Å²) in [6.07, 6.45) is 0.983. The number of fused-ring (bicyclic) bond motifs is 2. The van der Waals surface area contributed by atoms with Gasteiger partial charge in [0.25, 0.3) is 0 Å². The highest BCUT2D eigenvalue weighted by molar-refractivity contribution is 5.82. The van der Waals surface area contributed by atoms with Crippen LogP contribution in [0.5, 0.6) is 0 Å². The number of hydrogen-bond donors (Lipinski definition) is 1. The minimum atomic E-state index is -0.263. The first kappa shape index (κ1) is 12.5. The number of para-hydroxylation sites is 1. The summed E-state index contributed by atoms with van der Waals surface area (Å²) in [6.45, 7) is 1.86. The first-order valence-corrected chi connectivity index (χ1v) is 7.18. The average Bonchev–Trinajstić information content (AvgIpc) is 2.85. The normalized spacial score (nSPS) is 14.4. The summed E-state index contributed by atoms with van der Waals surface area (Å²) >= 11 is 0. The summed E-state index contributed by atoms with van der Waals surface area (Å²) in [4.78, 5) is 4.56. The SMILES string of the molecule is Cn1c(-c2cccc3c2CCNC3)nc2c(F)cccc21. The van der Waals surface area contributed by atoms with Crippen LogP contribution in [0.3, 0.4) is 0 Å². The van der Waals surface area contributed by atoms with Gasteiger partial charge in [-0.1, -0.05) is 24.3 Å². The van der Waals surface area contributed by atoms with Crippen LogP contribution in [-0.4, -0.2) is 16.1 Å². The van der Waals surface area contributed by atoms with E-state index in [1.54, 1.807) is 6.07 Å². The standard InChI is InChI=1S/C17H16FN3/c1-21-15-7-3-6-14(18)16(15)20-17(21)13-5-2-4-11-10-19-9-8-12(11)13/h2-7,19H,8-10H2,1H3. The van der Waals surface area contributed by atoms with E-state index < -0.39 is 0 Å². The number of nitrogens with one attached hydrogen (secondary N) is 1. The molecule has 4 rings (SSSR count).